The van der Waals surface area contributed by atoms with Gasteiger partial charge < -0.3 is 9.88 Å². The molecule has 0 saturated carbocycles. The third kappa shape index (κ3) is 4.49. The summed E-state index contributed by atoms with van der Waals surface area (Å²) in [6.45, 7) is 5.42. The van der Waals surface area contributed by atoms with Gasteiger partial charge in [-0.05, 0) is 96.6 Å². The molecule has 0 fully saturated rings. The Bertz CT molecular complexity index is 1530. The fourth-order valence-corrected chi connectivity index (χ4v) is 4.38. The lowest BCUT2D eigenvalue weighted by atomic mass is 9.89. The van der Waals surface area contributed by atoms with Crippen LogP contribution < -0.4 is 10.9 Å². The van der Waals surface area contributed by atoms with Crippen LogP contribution in [-0.2, 0) is 18.3 Å². The van der Waals surface area contributed by atoms with E-state index in [4.69, 9.17) is 0 Å². The topological polar surface area (TPSA) is 51.1 Å². The Morgan fingerprint density at radius 2 is 1.68 bits per heavy atom. The van der Waals surface area contributed by atoms with Crippen LogP contribution in [0.2, 0.25) is 0 Å². The molecule has 0 saturated heterocycles. The summed E-state index contributed by atoms with van der Waals surface area (Å²) in [5.74, 6) is 4.45. The number of hydrogen-bond acceptors (Lipinski definition) is 2. The van der Waals surface area contributed by atoms with Crippen LogP contribution in [0.3, 0.4) is 0 Å². The Balaban J connectivity index is 1.95. The Labute approximate surface area is 198 Å². The van der Waals surface area contributed by atoms with E-state index >= 15 is 0 Å². The minimum Gasteiger partial charge on any atom is -0.317 e. The second-order valence-electron chi connectivity index (χ2n) is 8.40. The highest BCUT2D eigenvalue weighted by atomic mass is 19.1. The molecule has 0 aliphatic heterocycles. The summed E-state index contributed by atoms with van der Waals surface area (Å²) in [5.41, 5.74) is 6.10. The smallest absolute Gasteiger partial charge is 0.300 e. The molecule has 4 nitrogen and oxygen atoms in total. The van der Waals surface area contributed by atoms with E-state index in [0.717, 1.165) is 38.8 Å². The fraction of sp³-hybridized carbons (Fsp3) is 0.172. The lowest BCUT2D eigenvalue weighted by molar-refractivity contribution is -0.111. The molecule has 4 aromatic rings. The van der Waals surface area contributed by atoms with E-state index in [0.29, 0.717) is 17.5 Å². The molecule has 1 amide bonds. The van der Waals surface area contributed by atoms with E-state index in [1.807, 2.05) is 62.5 Å². The summed E-state index contributed by atoms with van der Waals surface area (Å²) in [6, 6.07) is 16.3. The predicted molar refractivity (Wildman–Crippen MR) is 135 cm³/mol. The number of amides is 1. The summed E-state index contributed by atoms with van der Waals surface area (Å²) >= 11 is 0. The number of nitrogens with one attached hydrogen (secondary N) is 1. The second kappa shape index (κ2) is 9.36. The normalized spacial score (nSPS) is 10.6. The number of rotatable bonds is 4. The van der Waals surface area contributed by atoms with Crippen LogP contribution in [0.15, 0.2) is 65.6 Å². The van der Waals surface area contributed by atoms with Gasteiger partial charge in [0.1, 0.15) is 5.82 Å². The van der Waals surface area contributed by atoms with Crippen molar-refractivity contribution in [3.63, 3.8) is 0 Å². The molecular weight excluding hydrogens is 427 g/mol. The van der Waals surface area contributed by atoms with Crippen molar-refractivity contribution in [3.8, 4) is 23.0 Å². The van der Waals surface area contributed by atoms with Gasteiger partial charge in [-0.25, -0.2) is 4.39 Å². The zero-order chi connectivity index (χ0) is 24.4. The molecule has 0 aliphatic carbocycles. The number of hydrogen-bond donors (Lipinski definition) is 1. The van der Waals surface area contributed by atoms with Crippen molar-refractivity contribution < 1.29 is 9.18 Å². The van der Waals surface area contributed by atoms with Crippen molar-refractivity contribution in [2.24, 2.45) is 7.05 Å². The molecule has 0 aliphatic rings. The zero-order valence-corrected chi connectivity index (χ0v) is 19.6. The minimum atomic E-state index is -0.392. The number of halogens is 1. The quantitative estimate of drug-likeness (QED) is 0.415. The van der Waals surface area contributed by atoms with Gasteiger partial charge in [0.15, 0.2) is 0 Å². The van der Waals surface area contributed by atoms with Crippen molar-refractivity contribution in [2.45, 2.75) is 27.2 Å². The lowest BCUT2D eigenvalue weighted by Crippen LogP contribution is -2.16. The molecule has 0 spiro atoms. The van der Waals surface area contributed by atoms with Crippen molar-refractivity contribution in [1.29, 1.82) is 0 Å². The number of aromatic nitrogens is 1. The van der Waals surface area contributed by atoms with Gasteiger partial charge in [-0.3, -0.25) is 9.59 Å². The van der Waals surface area contributed by atoms with Gasteiger partial charge >= 0.3 is 0 Å². The SMILES string of the molecule is CC#CC(=O)Nc1ccc(Cc2c(C)cc(F)cc2C)c(-c2cn(C)c(=O)c3ccccc23)c1. The first-order chi connectivity index (χ1) is 16.3. The molecule has 1 heterocycles. The second-order valence-corrected chi connectivity index (χ2v) is 8.40. The maximum atomic E-state index is 13.9. The van der Waals surface area contributed by atoms with Gasteiger partial charge in [0.2, 0.25) is 0 Å². The monoisotopic (exact) mass is 452 g/mol. The third-order valence-electron chi connectivity index (χ3n) is 6.02. The van der Waals surface area contributed by atoms with Gasteiger partial charge in [-0.15, -0.1) is 0 Å². The summed E-state index contributed by atoms with van der Waals surface area (Å²) in [7, 11) is 1.73. The molecule has 3 aromatic carbocycles. The standard InChI is InChI=1S/C29H25FN2O2/c1-5-8-28(33)31-22-12-11-20(15-25-18(2)13-21(30)14-19(25)3)26(16-22)27-17-32(4)29(34)24-10-7-6-9-23(24)27/h6-7,9-14,16-17H,15H2,1-4H3,(H,31,33). The van der Waals surface area contributed by atoms with Crippen LogP contribution in [-0.4, -0.2) is 10.5 Å². The number of nitrogens with zero attached hydrogens (tertiary/aromatic N) is 1. The highest BCUT2D eigenvalue weighted by Crippen LogP contribution is 2.34. The van der Waals surface area contributed by atoms with Crippen LogP contribution in [0.25, 0.3) is 21.9 Å². The summed E-state index contributed by atoms with van der Waals surface area (Å²) in [5, 5.41) is 4.27. The van der Waals surface area contributed by atoms with Gasteiger partial charge in [0, 0.05) is 29.9 Å². The van der Waals surface area contributed by atoms with Crippen molar-refractivity contribution in [2.75, 3.05) is 5.32 Å². The van der Waals surface area contributed by atoms with Crippen molar-refractivity contribution in [3.05, 3.63) is 99.2 Å². The van der Waals surface area contributed by atoms with Gasteiger partial charge in [-0.2, -0.15) is 0 Å². The molecule has 170 valence electrons. The maximum Gasteiger partial charge on any atom is 0.300 e. The van der Waals surface area contributed by atoms with E-state index in [2.05, 4.69) is 17.2 Å². The number of aryl methyl sites for hydroxylation is 3. The molecule has 0 radical (unpaired) electrons. The van der Waals surface area contributed by atoms with E-state index in [-0.39, 0.29) is 11.4 Å². The average Bonchev–Trinajstić information content (AvgIpc) is 2.79. The molecule has 5 heteroatoms. The third-order valence-corrected chi connectivity index (χ3v) is 6.02. The molecule has 0 bridgehead atoms. The largest absolute Gasteiger partial charge is 0.317 e. The highest BCUT2D eigenvalue weighted by molar-refractivity contribution is 6.04. The molecular formula is C29H25FN2O2. The Morgan fingerprint density at radius 3 is 2.35 bits per heavy atom. The van der Waals surface area contributed by atoms with Gasteiger partial charge in [0.25, 0.3) is 11.5 Å². The Hall–Kier alpha value is -4.17. The fourth-order valence-electron chi connectivity index (χ4n) is 4.38. The van der Waals surface area contributed by atoms with E-state index in [1.165, 1.54) is 0 Å². The van der Waals surface area contributed by atoms with Crippen LogP contribution >= 0.6 is 0 Å². The summed E-state index contributed by atoms with van der Waals surface area (Å²) < 4.78 is 15.5. The van der Waals surface area contributed by atoms with Crippen LogP contribution in [0.5, 0.6) is 0 Å². The van der Waals surface area contributed by atoms with Crippen LogP contribution in [0, 0.1) is 31.5 Å². The molecule has 34 heavy (non-hydrogen) atoms. The van der Waals surface area contributed by atoms with Crippen molar-refractivity contribution >= 4 is 22.4 Å². The summed E-state index contributed by atoms with van der Waals surface area (Å²) in [6.07, 6.45) is 2.40. The number of carbonyl (C=O) groups excluding carboxylic acids is 1. The van der Waals surface area contributed by atoms with Gasteiger partial charge in [-0.1, -0.05) is 30.2 Å². The average molecular weight is 453 g/mol. The number of carbonyl (C=O) groups is 1. The first-order valence-corrected chi connectivity index (χ1v) is 11.0. The van der Waals surface area contributed by atoms with E-state index in [9.17, 15) is 14.0 Å². The van der Waals surface area contributed by atoms with Crippen molar-refractivity contribution in [1.82, 2.24) is 4.57 Å². The van der Waals surface area contributed by atoms with Crippen LogP contribution in [0.1, 0.15) is 29.2 Å². The molecule has 1 N–H and O–H groups in total. The Morgan fingerprint density at radius 1 is 1.00 bits per heavy atom. The maximum absolute atomic E-state index is 13.9. The predicted octanol–water partition coefficient (Wildman–Crippen LogP) is 5.51. The number of benzene rings is 3. The molecule has 0 atom stereocenters. The highest BCUT2D eigenvalue weighted by Gasteiger charge is 2.16. The lowest BCUT2D eigenvalue weighted by Gasteiger charge is -2.17. The zero-order valence-electron chi connectivity index (χ0n) is 19.6. The number of fused-ring (bicyclic) bond motifs is 1. The molecule has 4 rings (SSSR count). The van der Waals surface area contributed by atoms with E-state index < -0.39 is 5.91 Å². The first-order valence-electron chi connectivity index (χ1n) is 11.0. The van der Waals surface area contributed by atoms with Gasteiger partial charge in [0.05, 0.1) is 0 Å². The number of pyridine rings is 1. The minimum absolute atomic E-state index is 0.0752. The molecule has 1 aromatic heterocycles. The Kier molecular flexibility index (Phi) is 6.34. The molecule has 0 unspecified atom stereocenters. The number of anilines is 1. The first kappa shape index (κ1) is 23.0. The van der Waals surface area contributed by atoms with E-state index in [1.54, 1.807) is 30.7 Å². The summed E-state index contributed by atoms with van der Waals surface area (Å²) in [4.78, 5) is 24.9. The van der Waals surface area contributed by atoms with Crippen LogP contribution in [0.4, 0.5) is 10.1 Å².